The summed E-state index contributed by atoms with van der Waals surface area (Å²) in [7, 11) is 1.45. The standard InChI is InChI=1S/C14H19N3O3.ClH/c1-10-3-16-12(4-15-10)6-17-5-11-7-20-9-14(11,8-17)13(18)19-2;/h3-4,11H,5-9H2,1-2H3;1H/t11-,14-;/m0./s1. The van der Waals surface area contributed by atoms with Crippen molar-refractivity contribution >= 4 is 18.4 Å². The lowest BCUT2D eigenvalue weighted by atomic mass is 9.81. The van der Waals surface area contributed by atoms with Crippen molar-refractivity contribution in [3.8, 4) is 0 Å². The molecule has 116 valence electrons. The van der Waals surface area contributed by atoms with E-state index in [2.05, 4.69) is 14.9 Å². The molecule has 0 amide bonds. The molecule has 0 bridgehead atoms. The molecule has 2 saturated heterocycles. The molecule has 0 unspecified atom stereocenters. The van der Waals surface area contributed by atoms with Crippen LogP contribution in [0.2, 0.25) is 0 Å². The number of nitrogens with zero attached hydrogens (tertiary/aromatic N) is 3. The number of aromatic nitrogens is 2. The number of halogens is 1. The fourth-order valence-electron chi connectivity index (χ4n) is 3.18. The number of ether oxygens (including phenoxy) is 2. The highest BCUT2D eigenvalue weighted by Crippen LogP contribution is 2.42. The van der Waals surface area contributed by atoms with Crippen molar-refractivity contribution in [1.82, 2.24) is 14.9 Å². The predicted molar refractivity (Wildman–Crippen MR) is 78.1 cm³/mol. The van der Waals surface area contributed by atoms with Gasteiger partial charge in [0.25, 0.3) is 0 Å². The van der Waals surface area contributed by atoms with E-state index in [-0.39, 0.29) is 24.3 Å². The van der Waals surface area contributed by atoms with Crippen LogP contribution in [-0.2, 0) is 20.8 Å². The van der Waals surface area contributed by atoms with E-state index in [4.69, 9.17) is 9.47 Å². The van der Waals surface area contributed by atoms with Crippen molar-refractivity contribution in [2.45, 2.75) is 13.5 Å². The number of likely N-dealkylation sites (tertiary alicyclic amines) is 1. The Morgan fingerprint density at radius 2 is 2.33 bits per heavy atom. The Morgan fingerprint density at radius 3 is 3.00 bits per heavy atom. The summed E-state index contributed by atoms with van der Waals surface area (Å²) in [4.78, 5) is 23.0. The monoisotopic (exact) mass is 313 g/mol. The van der Waals surface area contributed by atoms with Crippen LogP contribution in [-0.4, -0.2) is 54.3 Å². The molecular formula is C14H20ClN3O3. The van der Waals surface area contributed by atoms with Crippen LogP contribution < -0.4 is 0 Å². The van der Waals surface area contributed by atoms with Crippen LogP contribution in [0.15, 0.2) is 12.4 Å². The zero-order valence-corrected chi connectivity index (χ0v) is 13.1. The summed E-state index contributed by atoms with van der Waals surface area (Å²) in [6.07, 6.45) is 3.57. The van der Waals surface area contributed by atoms with E-state index in [1.54, 1.807) is 12.4 Å². The zero-order chi connectivity index (χ0) is 14.2. The van der Waals surface area contributed by atoms with Gasteiger partial charge in [0.15, 0.2) is 0 Å². The Morgan fingerprint density at radius 1 is 1.52 bits per heavy atom. The normalized spacial score (nSPS) is 28.0. The highest BCUT2D eigenvalue weighted by atomic mass is 35.5. The number of fused-ring (bicyclic) bond motifs is 1. The number of rotatable bonds is 3. The maximum atomic E-state index is 12.1. The van der Waals surface area contributed by atoms with Crippen LogP contribution >= 0.6 is 12.4 Å². The van der Waals surface area contributed by atoms with Gasteiger partial charge in [0.2, 0.25) is 0 Å². The minimum absolute atomic E-state index is 0. The number of hydrogen-bond acceptors (Lipinski definition) is 6. The van der Waals surface area contributed by atoms with Crippen molar-refractivity contribution in [3.63, 3.8) is 0 Å². The minimum Gasteiger partial charge on any atom is -0.468 e. The quantitative estimate of drug-likeness (QED) is 0.770. The summed E-state index contributed by atoms with van der Waals surface area (Å²) in [5.41, 5.74) is 1.34. The van der Waals surface area contributed by atoms with Crippen molar-refractivity contribution in [1.29, 1.82) is 0 Å². The van der Waals surface area contributed by atoms with E-state index in [1.165, 1.54) is 7.11 Å². The summed E-state index contributed by atoms with van der Waals surface area (Å²) >= 11 is 0. The molecule has 0 aliphatic carbocycles. The molecule has 0 N–H and O–H groups in total. The average Bonchev–Trinajstić information content (AvgIpc) is 2.98. The van der Waals surface area contributed by atoms with Gasteiger partial charge in [-0.2, -0.15) is 0 Å². The predicted octanol–water partition coefficient (Wildman–Crippen LogP) is 0.828. The number of carbonyl (C=O) groups is 1. The minimum atomic E-state index is -0.493. The van der Waals surface area contributed by atoms with Crippen LogP contribution in [0, 0.1) is 18.3 Å². The Kier molecular flexibility index (Phi) is 4.81. The second-order valence-corrected chi connectivity index (χ2v) is 5.68. The number of esters is 1. The van der Waals surface area contributed by atoms with E-state index in [0.29, 0.717) is 26.3 Å². The zero-order valence-electron chi connectivity index (χ0n) is 12.2. The van der Waals surface area contributed by atoms with Gasteiger partial charge in [0.05, 0.1) is 31.7 Å². The fraction of sp³-hybridized carbons (Fsp3) is 0.643. The summed E-state index contributed by atoms with van der Waals surface area (Å²) in [6.45, 7) is 5.22. The van der Waals surface area contributed by atoms with Gasteiger partial charge in [-0.1, -0.05) is 0 Å². The first-order valence-corrected chi connectivity index (χ1v) is 6.80. The van der Waals surface area contributed by atoms with Crippen LogP contribution in [0.1, 0.15) is 11.4 Å². The van der Waals surface area contributed by atoms with E-state index >= 15 is 0 Å². The highest BCUT2D eigenvalue weighted by molar-refractivity contribution is 5.85. The summed E-state index contributed by atoms with van der Waals surface area (Å²) in [6, 6.07) is 0. The molecule has 2 aliphatic heterocycles. The van der Waals surface area contributed by atoms with Crippen LogP contribution in [0.4, 0.5) is 0 Å². The topological polar surface area (TPSA) is 64.6 Å². The second-order valence-electron chi connectivity index (χ2n) is 5.68. The lowest BCUT2D eigenvalue weighted by molar-refractivity contribution is -0.153. The van der Waals surface area contributed by atoms with Crippen LogP contribution in [0.5, 0.6) is 0 Å². The molecule has 1 aromatic rings. The molecule has 2 aliphatic rings. The van der Waals surface area contributed by atoms with E-state index in [9.17, 15) is 4.79 Å². The largest absolute Gasteiger partial charge is 0.468 e. The molecule has 3 rings (SSSR count). The number of carbonyl (C=O) groups excluding carboxylic acids is 1. The maximum absolute atomic E-state index is 12.1. The number of hydrogen-bond donors (Lipinski definition) is 0. The molecule has 21 heavy (non-hydrogen) atoms. The third kappa shape index (κ3) is 2.88. The van der Waals surface area contributed by atoms with Crippen molar-refractivity contribution < 1.29 is 14.3 Å². The van der Waals surface area contributed by atoms with Gasteiger partial charge in [-0.15, -0.1) is 12.4 Å². The SMILES string of the molecule is COC(=O)[C@@]12COC[C@@H]1CN(Cc1cnc(C)cn1)C2.Cl. The average molecular weight is 314 g/mol. The Labute approximate surface area is 130 Å². The Balaban J connectivity index is 0.00000161. The van der Waals surface area contributed by atoms with Gasteiger partial charge >= 0.3 is 5.97 Å². The van der Waals surface area contributed by atoms with Gasteiger partial charge in [0, 0.05) is 37.9 Å². The van der Waals surface area contributed by atoms with Gasteiger partial charge in [-0.3, -0.25) is 19.7 Å². The van der Waals surface area contributed by atoms with Gasteiger partial charge in [-0.25, -0.2) is 0 Å². The second kappa shape index (κ2) is 6.25. The molecule has 2 atom stereocenters. The van der Waals surface area contributed by atoms with Gasteiger partial charge < -0.3 is 9.47 Å². The first-order chi connectivity index (χ1) is 9.64. The van der Waals surface area contributed by atoms with E-state index < -0.39 is 5.41 Å². The fourth-order valence-corrected chi connectivity index (χ4v) is 3.18. The molecule has 0 aromatic carbocycles. The molecule has 0 saturated carbocycles. The smallest absolute Gasteiger partial charge is 0.315 e. The van der Waals surface area contributed by atoms with E-state index in [0.717, 1.165) is 17.9 Å². The molecule has 6 nitrogen and oxygen atoms in total. The first-order valence-electron chi connectivity index (χ1n) is 6.80. The Bertz CT molecular complexity index is 511. The summed E-state index contributed by atoms with van der Waals surface area (Å²) in [5.74, 6) is 0.0610. The van der Waals surface area contributed by atoms with Crippen LogP contribution in [0.3, 0.4) is 0 Å². The lowest BCUT2D eigenvalue weighted by Crippen LogP contribution is -2.40. The lowest BCUT2D eigenvalue weighted by Gasteiger charge is -2.23. The molecule has 2 fully saturated rings. The summed E-state index contributed by atoms with van der Waals surface area (Å²) in [5, 5.41) is 0. The number of methoxy groups -OCH3 is 1. The van der Waals surface area contributed by atoms with Crippen molar-refractivity contribution in [2.24, 2.45) is 11.3 Å². The number of aryl methyl sites for hydroxylation is 1. The molecule has 0 spiro atoms. The maximum Gasteiger partial charge on any atom is 0.315 e. The highest BCUT2D eigenvalue weighted by Gasteiger charge is 2.56. The third-order valence-corrected chi connectivity index (χ3v) is 4.26. The van der Waals surface area contributed by atoms with Crippen molar-refractivity contribution in [2.75, 3.05) is 33.4 Å². The van der Waals surface area contributed by atoms with Gasteiger partial charge in [-0.05, 0) is 6.92 Å². The van der Waals surface area contributed by atoms with Crippen LogP contribution in [0.25, 0.3) is 0 Å². The molecule has 7 heteroatoms. The molecule has 0 radical (unpaired) electrons. The Hall–Kier alpha value is -1.24. The third-order valence-electron chi connectivity index (χ3n) is 4.26. The molecular weight excluding hydrogens is 294 g/mol. The first kappa shape index (κ1) is 16.1. The van der Waals surface area contributed by atoms with E-state index in [1.807, 2.05) is 6.92 Å². The molecule has 3 heterocycles. The van der Waals surface area contributed by atoms with Gasteiger partial charge in [0.1, 0.15) is 5.41 Å². The van der Waals surface area contributed by atoms with Crippen molar-refractivity contribution in [3.05, 3.63) is 23.8 Å². The summed E-state index contributed by atoms with van der Waals surface area (Å²) < 4.78 is 10.5. The molecule has 1 aromatic heterocycles.